The Morgan fingerprint density at radius 1 is 1.21 bits per heavy atom. The molecule has 4 nitrogen and oxygen atoms in total. The van der Waals surface area contributed by atoms with E-state index in [1.54, 1.807) is 6.92 Å². The number of hydrogen-bond donors (Lipinski definition) is 2. The minimum atomic E-state index is -1.22. The van der Waals surface area contributed by atoms with Crippen molar-refractivity contribution >= 4 is 5.97 Å². The Labute approximate surface area is 111 Å². The zero-order valence-corrected chi connectivity index (χ0v) is 10.8. The first-order valence-corrected chi connectivity index (χ1v) is 6.13. The molecule has 19 heavy (non-hydrogen) atoms. The second kappa shape index (κ2) is 5.28. The van der Waals surface area contributed by atoms with Gasteiger partial charge in [0.2, 0.25) is 0 Å². The lowest BCUT2D eigenvalue weighted by atomic mass is 9.93. The predicted molar refractivity (Wildman–Crippen MR) is 72.3 cm³/mol. The van der Waals surface area contributed by atoms with Gasteiger partial charge in [-0.2, -0.15) is 0 Å². The van der Waals surface area contributed by atoms with Crippen LogP contribution in [-0.2, 0) is 11.2 Å². The Kier molecular flexibility index (Phi) is 3.71. The molecule has 2 N–H and O–H groups in total. The van der Waals surface area contributed by atoms with Gasteiger partial charge in [0.05, 0.1) is 12.0 Å². The standard InChI is InChI=1S/C15H17NO3/c1-15(19,11-14(17)18)10-12-4-6-13(7-5-12)16-8-2-3-9-16/h2-9,19H,10-11H2,1H3,(H,17,18). The summed E-state index contributed by atoms with van der Waals surface area (Å²) in [5, 5.41) is 18.7. The molecule has 0 bridgehead atoms. The first-order valence-electron chi connectivity index (χ1n) is 6.13. The Balaban J connectivity index is 2.09. The number of hydrogen-bond acceptors (Lipinski definition) is 2. The maximum absolute atomic E-state index is 10.7. The highest BCUT2D eigenvalue weighted by molar-refractivity contribution is 5.68. The summed E-state index contributed by atoms with van der Waals surface area (Å²) >= 11 is 0. The predicted octanol–water partition coefficient (Wildman–Crippen LogP) is 2.25. The van der Waals surface area contributed by atoms with Crippen molar-refractivity contribution in [3.8, 4) is 5.69 Å². The van der Waals surface area contributed by atoms with Crippen molar-refractivity contribution in [1.82, 2.24) is 4.57 Å². The van der Waals surface area contributed by atoms with E-state index < -0.39 is 11.6 Å². The smallest absolute Gasteiger partial charge is 0.306 e. The van der Waals surface area contributed by atoms with Gasteiger partial charge < -0.3 is 14.8 Å². The summed E-state index contributed by atoms with van der Waals surface area (Å²) < 4.78 is 1.99. The topological polar surface area (TPSA) is 62.5 Å². The van der Waals surface area contributed by atoms with E-state index in [0.717, 1.165) is 11.3 Å². The minimum Gasteiger partial charge on any atom is -0.481 e. The summed E-state index contributed by atoms with van der Waals surface area (Å²) in [6, 6.07) is 11.6. The number of carboxylic acids is 1. The van der Waals surface area contributed by atoms with E-state index in [1.807, 2.05) is 53.4 Å². The molecule has 0 radical (unpaired) electrons. The van der Waals surface area contributed by atoms with E-state index in [9.17, 15) is 9.90 Å². The quantitative estimate of drug-likeness (QED) is 0.865. The Bertz CT molecular complexity index is 541. The van der Waals surface area contributed by atoms with Gasteiger partial charge in [-0.15, -0.1) is 0 Å². The third-order valence-corrected chi connectivity index (χ3v) is 2.96. The molecule has 0 saturated heterocycles. The fourth-order valence-corrected chi connectivity index (χ4v) is 2.12. The van der Waals surface area contributed by atoms with Gasteiger partial charge in [0.25, 0.3) is 0 Å². The Morgan fingerprint density at radius 2 is 1.79 bits per heavy atom. The van der Waals surface area contributed by atoms with Crippen molar-refractivity contribution in [2.45, 2.75) is 25.4 Å². The molecule has 4 heteroatoms. The molecular weight excluding hydrogens is 242 g/mol. The minimum absolute atomic E-state index is 0.258. The fraction of sp³-hybridized carbons (Fsp3) is 0.267. The van der Waals surface area contributed by atoms with Crippen LogP contribution in [0.4, 0.5) is 0 Å². The monoisotopic (exact) mass is 259 g/mol. The highest BCUT2D eigenvalue weighted by atomic mass is 16.4. The van der Waals surface area contributed by atoms with Crippen molar-refractivity contribution < 1.29 is 15.0 Å². The number of benzene rings is 1. The summed E-state index contributed by atoms with van der Waals surface area (Å²) in [4.78, 5) is 10.7. The maximum atomic E-state index is 10.7. The second-order valence-electron chi connectivity index (χ2n) is 5.00. The summed E-state index contributed by atoms with van der Waals surface area (Å²) in [5.74, 6) is -0.992. The van der Waals surface area contributed by atoms with E-state index in [1.165, 1.54) is 0 Å². The van der Waals surface area contributed by atoms with Gasteiger partial charge in [-0.25, -0.2) is 0 Å². The van der Waals surface area contributed by atoms with Gasteiger partial charge in [-0.3, -0.25) is 4.79 Å². The zero-order chi connectivity index (χ0) is 13.9. The molecule has 0 fully saturated rings. The molecule has 0 aliphatic carbocycles. The largest absolute Gasteiger partial charge is 0.481 e. The molecule has 0 aliphatic rings. The summed E-state index contributed by atoms with van der Waals surface area (Å²) in [6.07, 6.45) is 3.97. The Morgan fingerprint density at radius 3 is 2.32 bits per heavy atom. The van der Waals surface area contributed by atoms with Gasteiger partial charge in [-0.1, -0.05) is 12.1 Å². The van der Waals surface area contributed by atoms with Crippen LogP contribution in [-0.4, -0.2) is 26.4 Å². The number of aromatic nitrogens is 1. The molecule has 2 aromatic rings. The number of carboxylic acid groups (broad SMARTS) is 1. The van der Waals surface area contributed by atoms with Crippen molar-refractivity contribution in [3.05, 3.63) is 54.4 Å². The molecule has 1 aromatic heterocycles. The first-order chi connectivity index (χ1) is 8.96. The number of carbonyl (C=O) groups is 1. The van der Waals surface area contributed by atoms with Crippen molar-refractivity contribution in [3.63, 3.8) is 0 Å². The normalized spacial score (nSPS) is 14.0. The third-order valence-electron chi connectivity index (χ3n) is 2.96. The van der Waals surface area contributed by atoms with E-state index in [4.69, 9.17) is 5.11 Å². The number of nitrogens with zero attached hydrogens (tertiary/aromatic N) is 1. The van der Waals surface area contributed by atoms with Crippen molar-refractivity contribution in [1.29, 1.82) is 0 Å². The highest BCUT2D eigenvalue weighted by Crippen LogP contribution is 2.18. The molecule has 1 heterocycles. The molecule has 0 spiro atoms. The van der Waals surface area contributed by atoms with Crippen LogP contribution >= 0.6 is 0 Å². The molecule has 2 rings (SSSR count). The van der Waals surface area contributed by atoms with E-state index in [2.05, 4.69) is 0 Å². The first kappa shape index (κ1) is 13.4. The van der Waals surface area contributed by atoms with Crippen LogP contribution in [0.5, 0.6) is 0 Å². The van der Waals surface area contributed by atoms with Crippen LogP contribution in [0.3, 0.4) is 0 Å². The lowest BCUT2D eigenvalue weighted by Gasteiger charge is -2.21. The molecule has 0 saturated carbocycles. The highest BCUT2D eigenvalue weighted by Gasteiger charge is 2.24. The molecule has 0 amide bonds. The average Bonchev–Trinajstić information content (AvgIpc) is 2.81. The summed E-state index contributed by atoms with van der Waals surface area (Å²) in [6.45, 7) is 1.54. The van der Waals surface area contributed by atoms with Gasteiger partial charge in [-0.05, 0) is 36.8 Å². The van der Waals surface area contributed by atoms with Gasteiger partial charge in [0.1, 0.15) is 0 Å². The van der Waals surface area contributed by atoms with Crippen LogP contribution in [0, 0.1) is 0 Å². The molecule has 1 aromatic carbocycles. The molecular formula is C15H17NO3. The lowest BCUT2D eigenvalue weighted by Crippen LogP contribution is -2.30. The van der Waals surface area contributed by atoms with E-state index in [0.29, 0.717) is 6.42 Å². The van der Waals surface area contributed by atoms with Crippen molar-refractivity contribution in [2.24, 2.45) is 0 Å². The van der Waals surface area contributed by atoms with Gasteiger partial charge in [0, 0.05) is 24.5 Å². The summed E-state index contributed by atoms with van der Waals surface area (Å²) in [5.41, 5.74) is 0.731. The van der Waals surface area contributed by atoms with Crippen LogP contribution in [0.25, 0.3) is 5.69 Å². The van der Waals surface area contributed by atoms with Gasteiger partial charge >= 0.3 is 5.97 Å². The van der Waals surface area contributed by atoms with Crippen LogP contribution in [0.15, 0.2) is 48.8 Å². The van der Waals surface area contributed by atoms with Crippen LogP contribution in [0.1, 0.15) is 18.9 Å². The number of aliphatic carboxylic acids is 1. The van der Waals surface area contributed by atoms with Crippen molar-refractivity contribution in [2.75, 3.05) is 0 Å². The van der Waals surface area contributed by atoms with Crippen LogP contribution in [0.2, 0.25) is 0 Å². The fourth-order valence-electron chi connectivity index (χ4n) is 2.12. The molecule has 1 unspecified atom stereocenters. The molecule has 0 aliphatic heterocycles. The maximum Gasteiger partial charge on any atom is 0.306 e. The zero-order valence-electron chi connectivity index (χ0n) is 10.8. The second-order valence-corrected chi connectivity index (χ2v) is 5.00. The molecule has 1 atom stereocenters. The molecule has 100 valence electrons. The van der Waals surface area contributed by atoms with Crippen LogP contribution < -0.4 is 0 Å². The van der Waals surface area contributed by atoms with E-state index in [-0.39, 0.29) is 6.42 Å². The third kappa shape index (κ3) is 3.69. The summed E-state index contributed by atoms with van der Waals surface area (Å²) in [7, 11) is 0. The average molecular weight is 259 g/mol. The number of aliphatic hydroxyl groups is 1. The Hall–Kier alpha value is -2.07. The lowest BCUT2D eigenvalue weighted by molar-refractivity contribution is -0.141. The van der Waals surface area contributed by atoms with E-state index >= 15 is 0 Å². The number of rotatable bonds is 5. The van der Waals surface area contributed by atoms with Gasteiger partial charge in [0.15, 0.2) is 0 Å². The SMILES string of the molecule is CC(O)(CC(=O)O)Cc1ccc(-n2cccc2)cc1.